The molecule has 0 atom stereocenters. The number of aryl methyl sites for hydroxylation is 1. The molecule has 0 unspecified atom stereocenters. The highest BCUT2D eigenvalue weighted by molar-refractivity contribution is 14.0. The van der Waals surface area contributed by atoms with Crippen molar-refractivity contribution < 1.29 is 9.21 Å². The van der Waals surface area contributed by atoms with Crippen LogP contribution in [-0.4, -0.2) is 51.1 Å². The van der Waals surface area contributed by atoms with Gasteiger partial charge in [0.15, 0.2) is 11.7 Å². The number of hydrogen-bond acceptors (Lipinski definition) is 4. The minimum Gasteiger partial charge on any atom is -0.459 e. The van der Waals surface area contributed by atoms with Crippen molar-refractivity contribution in [2.45, 2.75) is 20.8 Å². The highest BCUT2D eigenvalue weighted by atomic mass is 127. The minimum atomic E-state index is -0.227. The topological polar surface area (TPSA) is 81.9 Å². The molecular formula is C21H32IN5O2. The summed E-state index contributed by atoms with van der Waals surface area (Å²) in [6.45, 7) is 10.6. The Morgan fingerprint density at radius 2 is 1.93 bits per heavy atom. The summed E-state index contributed by atoms with van der Waals surface area (Å²) in [4.78, 5) is 18.7. The van der Waals surface area contributed by atoms with Gasteiger partial charge in [0.1, 0.15) is 0 Å². The maximum Gasteiger partial charge on any atom is 0.287 e. The highest BCUT2D eigenvalue weighted by Crippen LogP contribution is 2.14. The first-order chi connectivity index (χ1) is 13.6. The lowest BCUT2D eigenvalue weighted by Gasteiger charge is -2.24. The Kier molecular flexibility index (Phi) is 11.9. The maximum absolute atomic E-state index is 11.8. The predicted octanol–water partition coefficient (Wildman–Crippen LogP) is 3.02. The summed E-state index contributed by atoms with van der Waals surface area (Å²) in [6.07, 6.45) is 1.48. The fourth-order valence-electron chi connectivity index (χ4n) is 2.78. The number of furan rings is 1. The molecular weight excluding hydrogens is 481 g/mol. The molecule has 1 aromatic heterocycles. The van der Waals surface area contributed by atoms with E-state index in [2.05, 4.69) is 64.0 Å². The first kappa shape index (κ1) is 24.8. The van der Waals surface area contributed by atoms with Gasteiger partial charge in [-0.05, 0) is 50.6 Å². The average Bonchev–Trinajstić information content (AvgIpc) is 3.23. The number of nitrogens with one attached hydrogen (secondary N) is 3. The van der Waals surface area contributed by atoms with Crippen molar-refractivity contribution in [2.75, 3.05) is 44.2 Å². The highest BCUT2D eigenvalue weighted by Gasteiger charge is 2.07. The first-order valence-corrected chi connectivity index (χ1v) is 9.79. The van der Waals surface area contributed by atoms with E-state index in [-0.39, 0.29) is 29.9 Å². The molecule has 7 nitrogen and oxygen atoms in total. The van der Waals surface area contributed by atoms with E-state index in [0.29, 0.717) is 18.8 Å². The molecule has 3 N–H and O–H groups in total. The lowest BCUT2D eigenvalue weighted by molar-refractivity contribution is 0.0927. The zero-order valence-electron chi connectivity index (χ0n) is 17.4. The van der Waals surface area contributed by atoms with E-state index in [1.165, 1.54) is 17.5 Å². The van der Waals surface area contributed by atoms with E-state index in [4.69, 9.17) is 4.42 Å². The van der Waals surface area contributed by atoms with Crippen LogP contribution in [0.1, 0.15) is 30.0 Å². The number of rotatable bonds is 10. The molecule has 0 saturated carbocycles. The monoisotopic (exact) mass is 513 g/mol. The van der Waals surface area contributed by atoms with Gasteiger partial charge in [0, 0.05) is 38.4 Å². The maximum atomic E-state index is 11.8. The van der Waals surface area contributed by atoms with Crippen molar-refractivity contribution in [2.24, 2.45) is 4.99 Å². The number of carbonyl (C=O) groups excluding carboxylic acids is 1. The smallest absolute Gasteiger partial charge is 0.287 e. The molecule has 0 aliphatic heterocycles. The van der Waals surface area contributed by atoms with Gasteiger partial charge in [-0.15, -0.1) is 24.0 Å². The molecule has 1 amide bonds. The Bertz CT molecular complexity index is 749. The van der Waals surface area contributed by atoms with Crippen LogP contribution in [0.5, 0.6) is 0 Å². The van der Waals surface area contributed by atoms with Crippen LogP contribution in [0, 0.1) is 6.92 Å². The Morgan fingerprint density at radius 1 is 1.10 bits per heavy atom. The van der Waals surface area contributed by atoms with E-state index >= 15 is 0 Å². The molecule has 0 bridgehead atoms. The van der Waals surface area contributed by atoms with E-state index in [0.717, 1.165) is 32.1 Å². The molecule has 2 aromatic rings. The minimum absolute atomic E-state index is 0. The number of carbonyl (C=O) groups is 1. The zero-order valence-corrected chi connectivity index (χ0v) is 19.7. The van der Waals surface area contributed by atoms with E-state index < -0.39 is 0 Å². The normalized spacial score (nSPS) is 10.8. The number of likely N-dealkylation sites (N-methyl/N-ethyl adjacent to an activating group) is 1. The van der Waals surface area contributed by atoms with Crippen LogP contribution >= 0.6 is 24.0 Å². The van der Waals surface area contributed by atoms with Gasteiger partial charge in [-0.1, -0.05) is 12.1 Å². The lowest BCUT2D eigenvalue weighted by Crippen LogP contribution is -2.42. The molecule has 2 rings (SSSR count). The predicted molar refractivity (Wildman–Crippen MR) is 130 cm³/mol. The van der Waals surface area contributed by atoms with Gasteiger partial charge >= 0.3 is 0 Å². The second-order valence-corrected chi connectivity index (χ2v) is 6.34. The molecule has 29 heavy (non-hydrogen) atoms. The van der Waals surface area contributed by atoms with E-state index in [9.17, 15) is 4.79 Å². The van der Waals surface area contributed by atoms with Gasteiger partial charge in [0.25, 0.3) is 5.91 Å². The van der Waals surface area contributed by atoms with Crippen molar-refractivity contribution in [3.8, 4) is 0 Å². The van der Waals surface area contributed by atoms with Crippen LogP contribution in [0.25, 0.3) is 0 Å². The number of guanidine groups is 1. The first-order valence-electron chi connectivity index (χ1n) is 9.79. The summed E-state index contributed by atoms with van der Waals surface area (Å²) in [6, 6.07) is 11.9. The SMILES string of the molecule is CCNC(=NCCNC(=O)c1ccco1)NCCN(CC)c1cccc(C)c1.I. The van der Waals surface area contributed by atoms with Gasteiger partial charge in [0.2, 0.25) is 0 Å². The third kappa shape index (κ3) is 8.76. The summed E-state index contributed by atoms with van der Waals surface area (Å²) in [5.41, 5.74) is 2.49. The number of nitrogens with zero attached hydrogens (tertiary/aromatic N) is 2. The van der Waals surface area contributed by atoms with Crippen LogP contribution in [0.3, 0.4) is 0 Å². The summed E-state index contributed by atoms with van der Waals surface area (Å²) in [5, 5.41) is 9.37. The number of hydrogen-bond donors (Lipinski definition) is 3. The van der Waals surface area contributed by atoms with Crippen LogP contribution in [0.4, 0.5) is 5.69 Å². The van der Waals surface area contributed by atoms with Crippen molar-refractivity contribution in [3.05, 3.63) is 54.0 Å². The number of anilines is 1. The molecule has 0 spiro atoms. The van der Waals surface area contributed by atoms with E-state index in [1.54, 1.807) is 12.1 Å². The summed E-state index contributed by atoms with van der Waals surface area (Å²) in [7, 11) is 0. The van der Waals surface area contributed by atoms with Crippen LogP contribution in [0.15, 0.2) is 52.1 Å². The van der Waals surface area contributed by atoms with Gasteiger partial charge in [-0.2, -0.15) is 0 Å². The number of benzene rings is 1. The van der Waals surface area contributed by atoms with Gasteiger partial charge < -0.3 is 25.3 Å². The molecule has 0 saturated heterocycles. The van der Waals surface area contributed by atoms with Gasteiger partial charge in [0.05, 0.1) is 12.8 Å². The Labute approximate surface area is 190 Å². The molecule has 160 valence electrons. The molecule has 0 aliphatic carbocycles. The Balaban J connectivity index is 0.00000420. The molecule has 0 fully saturated rings. The number of amides is 1. The summed E-state index contributed by atoms with van der Waals surface area (Å²) >= 11 is 0. The van der Waals surface area contributed by atoms with Gasteiger partial charge in [-0.25, -0.2) is 0 Å². The number of halogens is 1. The van der Waals surface area contributed by atoms with Crippen LogP contribution < -0.4 is 20.9 Å². The Morgan fingerprint density at radius 3 is 2.59 bits per heavy atom. The zero-order chi connectivity index (χ0) is 20.2. The van der Waals surface area contributed by atoms with Crippen molar-refractivity contribution in [1.29, 1.82) is 0 Å². The molecule has 0 radical (unpaired) electrons. The molecule has 1 aromatic carbocycles. The molecule has 8 heteroatoms. The standard InChI is InChI=1S/C21H31N5O2.HI/c1-4-22-21(24-12-11-23-20(27)19-10-7-15-28-19)25-13-14-26(5-2)18-9-6-8-17(3)16-18;/h6-10,15-16H,4-5,11-14H2,1-3H3,(H,23,27)(H2,22,24,25);1H. The fourth-order valence-corrected chi connectivity index (χ4v) is 2.78. The Hall–Kier alpha value is -2.23. The summed E-state index contributed by atoms with van der Waals surface area (Å²) < 4.78 is 5.06. The van der Waals surface area contributed by atoms with Crippen molar-refractivity contribution in [1.82, 2.24) is 16.0 Å². The molecule has 0 aliphatic rings. The van der Waals surface area contributed by atoms with Crippen LogP contribution in [0.2, 0.25) is 0 Å². The fraction of sp³-hybridized carbons (Fsp3) is 0.429. The van der Waals surface area contributed by atoms with E-state index in [1.807, 2.05) is 6.92 Å². The second kappa shape index (κ2) is 13.9. The van der Waals surface area contributed by atoms with Crippen LogP contribution in [-0.2, 0) is 0 Å². The third-order valence-corrected chi connectivity index (χ3v) is 4.18. The van der Waals surface area contributed by atoms with Crippen molar-refractivity contribution >= 4 is 41.5 Å². The lowest BCUT2D eigenvalue weighted by atomic mass is 10.2. The molecule has 1 heterocycles. The second-order valence-electron chi connectivity index (χ2n) is 6.34. The van der Waals surface area contributed by atoms with Crippen molar-refractivity contribution in [3.63, 3.8) is 0 Å². The average molecular weight is 513 g/mol. The summed E-state index contributed by atoms with van der Waals surface area (Å²) in [5.74, 6) is 0.828. The number of aliphatic imine (C=N–C) groups is 1. The largest absolute Gasteiger partial charge is 0.459 e. The quantitative estimate of drug-likeness (QED) is 0.197. The van der Waals surface area contributed by atoms with Gasteiger partial charge in [-0.3, -0.25) is 9.79 Å². The third-order valence-electron chi connectivity index (χ3n) is 4.18.